The van der Waals surface area contributed by atoms with Gasteiger partial charge in [0.25, 0.3) is 0 Å². The lowest BCUT2D eigenvalue weighted by atomic mass is 9.94. The Bertz CT molecular complexity index is 842. The van der Waals surface area contributed by atoms with Crippen LogP contribution in [0.4, 0.5) is 13.2 Å². The number of aromatic amines is 1. The Kier molecular flexibility index (Phi) is 4.98. The molecule has 2 N–H and O–H groups in total. The molecule has 2 saturated carbocycles. The minimum Gasteiger partial charge on any atom is -0.476 e. The van der Waals surface area contributed by atoms with Crippen LogP contribution in [0.15, 0.2) is 29.3 Å². The van der Waals surface area contributed by atoms with Gasteiger partial charge < -0.3 is 9.84 Å². The molecule has 4 atom stereocenters. The van der Waals surface area contributed by atoms with E-state index in [1.54, 1.807) is 12.1 Å². The summed E-state index contributed by atoms with van der Waals surface area (Å²) in [7, 11) is 0. The highest BCUT2D eigenvalue weighted by Gasteiger charge is 2.43. The highest BCUT2D eigenvalue weighted by Crippen LogP contribution is 2.53. The van der Waals surface area contributed by atoms with Crippen LogP contribution < -0.4 is 4.74 Å². The Balaban J connectivity index is 1.34. The first-order valence-corrected chi connectivity index (χ1v) is 9.83. The van der Waals surface area contributed by atoms with Crippen LogP contribution in [0.25, 0.3) is 0 Å². The van der Waals surface area contributed by atoms with Crippen LogP contribution in [0.3, 0.4) is 0 Å². The zero-order valence-electron chi connectivity index (χ0n) is 14.6. The smallest absolute Gasteiger partial charge is 0.476 e. The highest BCUT2D eigenvalue weighted by molar-refractivity contribution is 7.99. The zero-order chi connectivity index (χ0) is 19.9. The lowest BCUT2D eigenvalue weighted by Crippen LogP contribution is -2.17. The molecule has 2 aromatic rings. The summed E-state index contributed by atoms with van der Waals surface area (Å²) in [6.45, 7) is 0. The number of benzene rings is 1. The Morgan fingerprint density at radius 2 is 1.75 bits per heavy atom. The van der Waals surface area contributed by atoms with Crippen LogP contribution in [0, 0.1) is 11.8 Å². The second-order valence-electron chi connectivity index (χ2n) is 7.30. The van der Waals surface area contributed by atoms with Gasteiger partial charge in [-0.25, -0.2) is 4.79 Å². The number of H-pyrrole nitrogens is 1. The SMILES string of the molecule is O=C(O)c1n[nH]nc1SC1C[C@@H]2CC(c3ccc(OC(F)(F)F)cc3)C[C@@H]2C1. The van der Waals surface area contributed by atoms with Crippen molar-refractivity contribution in [2.24, 2.45) is 11.8 Å². The van der Waals surface area contributed by atoms with Gasteiger partial charge in [-0.1, -0.05) is 23.9 Å². The number of halogens is 3. The number of ether oxygens (including phenoxy) is 1. The van der Waals surface area contributed by atoms with Gasteiger partial charge in [0, 0.05) is 5.25 Å². The monoisotopic (exact) mass is 413 g/mol. The third-order valence-corrected chi connectivity index (χ3v) is 6.78. The molecule has 0 spiro atoms. The number of thioether (sulfide) groups is 1. The molecule has 28 heavy (non-hydrogen) atoms. The molecule has 2 unspecified atom stereocenters. The molecule has 2 aliphatic carbocycles. The molecule has 2 fully saturated rings. The van der Waals surface area contributed by atoms with Gasteiger partial charge in [-0.2, -0.15) is 5.21 Å². The number of nitrogens with zero attached hydrogens (tertiary/aromatic N) is 2. The number of carbonyl (C=O) groups is 1. The number of hydrogen-bond acceptors (Lipinski definition) is 5. The average Bonchev–Trinajstić information content (AvgIpc) is 3.29. The maximum atomic E-state index is 12.3. The fourth-order valence-electron chi connectivity index (χ4n) is 4.47. The normalized spacial score (nSPS) is 27.0. The maximum absolute atomic E-state index is 12.3. The fraction of sp³-hybridized carbons (Fsp3) is 0.500. The lowest BCUT2D eigenvalue weighted by Gasteiger charge is -2.15. The standard InChI is InChI=1S/C18H18F3N3O3S/c19-18(20,21)27-13-3-1-9(2-4-13)10-5-11-7-14(8-12(11)6-10)28-16-15(17(25)26)22-24-23-16/h1-4,10-12,14H,5-8H2,(H,25,26)(H,22,23,24)/t10?,11-,12+,14?. The lowest BCUT2D eigenvalue weighted by molar-refractivity contribution is -0.274. The summed E-state index contributed by atoms with van der Waals surface area (Å²) in [5.74, 6) is 0.116. The Morgan fingerprint density at radius 1 is 1.11 bits per heavy atom. The number of aromatic carboxylic acids is 1. The van der Waals surface area contributed by atoms with Crippen LogP contribution in [-0.4, -0.2) is 38.1 Å². The van der Waals surface area contributed by atoms with E-state index in [1.165, 1.54) is 23.9 Å². The number of aromatic nitrogens is 3. The first kappa shape index (κ1) is 19.1. The fourth-order valence-corrected chi connectivity index (χ4v) is 5.81. The predicted octanol–water partition coefficient (Wildman–Crippen LogP) is 4.47. The number of carboxylic acid groups (broad SMARTS) is 1. The largest absolute Gasteiger partial charge is 0.573 e. The van der Waals surface area contributed by atoms with Gasteiger partial charge in [0.2, 0.25) is 5.69 Å². The van der Waals surface area contributed by atoms with E-state index in [1.807, 2.05) is 0 Å². The summed E-state index contributed by atoms with van der Waals surface area (Å²) in [6.07, 6.45) is -0.736. The van der Waals surface area contributed by atoms with Crippen molar-refractivity contribution in [1.82, 2.24) is 15.4 Å². The summed E-state index contributed by atoms with van der Waals surface area (Å²) in [4.78, 5) is 11.1. The van der Waals surface area contributed by atoms with E-state index in [4.69, 9.17) is 5.11 Å². The van der Waals surface area contributed by atoms with Crippen LogP contribution in [0.5, 0.6) is 5.75 Å². The number of alkyl halides is 3. The predicted molar refractivity (Wildman–Crippen MR) is 94.3 cm³/mol. The third kappa shape index (κ3) is 4.11. The van der Waals surface area contributed by atoms with Gasteiger partial charge >= 0.3 is 12.3 Å². The van der Waals surface area contributed by atoms with Crippen molar-refractivity contribution >= 4 is 17.7 Å². The minimum atomic E-state index is -4.68. The van der Waals surface area contributed by atoms with E-state index < -0.39 is 12.3 Å². The molecule has 1 aromatic carbocycles. The summed E-state index contributed by atoms with van der Waals surface area (Å²) in [6, 6.07) is 6.17. The molecule has 0 bridgehead atoms. The van der Waals surface area contributed by atoms with Crippen molar-refractivity contribution in [3.05, 3.63) is 35.5 Å². The molecule has 0 saturated heterocycles. The van der Waals surface area contributed by atoms with Gasteiger partial charge in [-0.15, -0.1) is 23.4 Å². The van der Waals surface area contributed by atoms with E-state index in [9.17, 15) is 18.0 Å². The van der Waals surface area contributed by atoms with Crippen molar-refractivity contribution < 1.29 is 27.8 Å². The van der Waals surface area contributed by atoms with E-state index >= 15 is 0 Å². The molecule has 0 radical (unpaired) electrons. The maximum Gasteiger partial charge on any atom is 0.573 e. The molecule has 0 amide bonds. The van der Waals surface area contributed by atoms with Crippen LogP contribution >= 0.6 is 11.8 Å². The molecular weight excluding hydrogens is 395 g/mol. The second kappa shape index (κ2) is 7.31. The second-order valence-corrected chi connectivity index (χ2v) is 8.59. The Labute approximate surface area is 162 Å². The molecule has 1 aromatic heterocycles. The third-order valence-electron chi connectivity index (χ3n) is 5.55. The Morgan fingerprint density at radius 3 is 2.32 bits per heavy atom. The molecule has 1 heterocycles. The summed E-state index contributed by atoms with van der Waals surface area (Å²) < 4.78 is 40.7. The number of rotatable bonds is 5. The molecule has 6 nitrogen and oxygen atoms in total. The molecule has 0 aliphatic heterocycles. The van der Waals surface area contributed by atoms with E-state index in [0.717, 1.165) is 31.2 Å². The van der Waals surface area contributed by atoms with Crippen molar-refractivity contribution in [3.8, 4) is 5.75 Å². The van der Waals surface area contributed by atoms with Gasteiger partial charge in [0.15, 0.2) is 5.03 Å². The van der Waals surface area contributed by atoms with E-state index in [-0.39, 0.29) is 11.4 Å². The van der Waals surface area contributed by atoms with Crippen LogP contribution in [0.2, 0.25) is 0 Å². The molecule has 2 aliphatic rings. The van der Waals surface area contributed by atoms with Crippen LogP contribution in [0.1, 0.15) is 47.7 Å². The van der Waals surface area contributed by atoms with Gasteiger partial charge in [-0.3, -0.25) is 0 Å². The van der Waals surface area contributed by atoms with Crippen LogP contribution in [-0.2, 0) is 0 Å². The number of fused-ring (bicyclic) bond motifs is 1. The number of nitrogens with one attached hydrogen (secondary N) is 1. The highest BCUT2D eigenvalue weighted by atomic mass is 32.2. The zero-order valence-corrected chi connectivity index (χ0v) is 15.5. The van der Waals surface area contributed by atoms with Gasteiger partial charge in [0.1, 0.15) is 5.75 Å². The topological polar surface area (TPSA) is 88.1 Å². The Hall–Kier alpha value is -2.23. The molecule has 4 rings (SSSR count). The average molecular weight is 413 g/mol. The first-order chi connectivity index (χ1) is 13.3. The van der Waals surface area contributed by atoms with Crippen molar-refractivity contribution in [1.29, 1.82) is 0 Å². The van der Waals surface area contributed by atoms with Gasteiger partial charge in [0.05, 0.1) is 0 Å². The summed E-state index contributed by atoms with van der Waals surface area (Å²) in [5.41, 5.74) is 0.999. The van der Waals surface area contributed by atoms with Gasteiger partial charge in [-0.05, 0) is 61.1 Å². The minimum absolute atomic E-state index is 0.0406. The first-order valence-electron chi connectivity index (χ1n) is 8.95. The van der Waals surface area contributed by atoms with Crippen molar-refractivity contribution in [2.45, 2.75) is 48.2 Å². The van der Waals surface area contributed by atoms with Crippen molar-refractivity contribution in [3.63, 3.8) is 0 Å². The number of hydrogen-bond donors (Lipinski definition) is 2. The number of carboxylic acids is 1. The van der Waals surface area contributed by atoms with E-state index in [2.05, 4.69) is 20.1 Å². The van der Waals surface area contributed by atoms with Crippen molar-refractivity contribution in [2.75, 3.05) is 0 Å². The molecule has 10 heteroatoms. The molecule has 150 valence electrons. The van der Waals surface area contributed by atoms with E-state index in [0.29, 0.717) is 28.0 Å². The molecular formula is C18H18F3N3O3S. The summed E-state index contributed by atoms with van der Waals surface area (Å²) >= 11 is 1.47. The quantitative estimate of drug-likeness (QED) is 0.752. The summed E-state index contributed by atoms with van der Waals surface area (Å²) in [5, 5.41) is 19.8.